The van der Waals surface area contributed by atoms with Crippen molar-refractivity contribution in [1.29, 1.82) is 0 Å². The number of nitrogens with two attached hydrogens (primary N) is 2. The van der Waals surface area contributed by atoms with Gasteiger partial charge in [-0.3, -0.25) is 0 Å². The van der Waals surface area contributed by atoms with Crippen LogP contribution in [-0.2, 0) is 0 Å². The number of rotatable bonds is 1. The third kappa shape index (κ3) is 1.80. The summed E-state index contributed by atoms with van der Waals surface area (Å²) in [6.45, 7) is 0. The van der Waals surface area contributed by atoms with Crippen molar-refractivity contribution in [3.63, 3.8) is 0 Å². The Labute approximate surface area is 86.4 Å². The standard InChI is InChI=1S/C10H10N4O/c11-9-5-8(10(12)14-13-9)6-2-1-3-7(15)4-6/h1-5,15H,(H2,11,13)(H2,12,14). The minimum Gasteiger partial charge on any atom is -0.508 e. The van der Waals surface area contributed by atoms with Crippen LogP contribution in [0, 0.1) is 0 Å². The molecule has 2 aromatic rings. The Kier molecular flexibility index (Phi) is 2.13. The van der Waals surface area contributed by atoms with Gasteiger partial charge >= 0.3 is 0 Å². The van der Waals surface area contributed by atoms with Crippen LogP contribution in [0.25, 0.3) is 11.1 Å². The largest absolute Gasteiger partial charge is 0.508 e. The highest BCUT2D eigenvalue weighted by Gasteiger charge is 2.05. The highest BCUT2D eigenvalue weighted by Crippen LogP contribution is 2.27. The van der Waals surface area contributed by atoms with Gasteiger partial charge < -0.3 is 16.6 Å². The van der Waals surface area contributed by atoms with Gasteiger partial charge in [-0.15, -0.1) is 10.2 Å². The van der Waals surface area contributed by atoms with Crippen molar-refractivity contribution in [3.8, 4) is 16.9 Å². The summed E-state index contributed by atoms with van der Waals surface area (Å²) in [4.78, 5) is 0. The van der Waals surface area contributed by atoms with Crippen molar-refractivity contribution in [2.24, 2.45) is 0 Å². The first-order chi connectivity index (χ1) is 7.16. The summed E-state index contributed by atoms with van der Waals surface area (Å²) in [5.74, 6) is 0.750. The van der Waals surface area contributed by atoms with Gasteiger partial charge in [-0.2, -0.15) is 0 Å². The van der Waals surface area contributed by atoms with Crippen molar-refractivity contribution < 1.29 is 5.11 Å². The second-order valence-electron chi connectivity index (χ2n) is 3.12. The minimum absolute atomic E-state index is 0.169. The molecule has 0 spiro atoms. The molecule has 0 fully saturated rings. The number of aromatic nitrogens is 2. The van der Waals surface area contributed by atoms with Crippen LogP contribution in [0.3, 0.4) is 0 Å². The molecule has 0 radical (unpaired) electrons. The quantitative estimate of drug-likeness (QED) is 0.641. The Balaban J connectivity index is 2.58. The van der Waals surface area contributed by atoms with E-state index in [9.17, 15) is 5.11 Å². The predicted octanol–water partition coefficient (Wildman–Crippen LogP) is 1.01. The number of hydrogen-bond donors (Lipinski definition) is 3. The average Bonchev–Trinajstić information content (AvgIpc) is 2.22. The van der Waals surface area contributed by atoms with Crippen molar-refractivity contribution in [2.45, 2.75) is 0 Å². The molecule has 0 aliphatic carbocycles. The summed E-state index contributed by atoms with van der Waals surface area (Å²) in [6, 6.07) is 8.33. The molecule has 15 heavy (non-hydrogen) atoms. The molecule has 0 saturated carbocycles. The van der Waals surface area contributed by atoms with E-state index in [4.69, 9.17) is 11.5 Å². The van der Waals surface area contributed by atoms with E-state index >= 15 is 0 Å². The molecule has 2 rings (SSSR count). The molecule has 76 valence electrons. The first-order valence-electron chi connectivity index (χ1n) is 4.35. The molecule has 0 saturated heterocycles. The average molecular weight is 202 g/mol. The van der Waals surface area contributed by atoms with Gasteiger partial charge in [-0.05, 0) is 23.8 Å². The van der Waals surface area contributed by atoms with Gasteiger partial charge in [-0.1, -0.05) is 12.1 Å². The van der Waals surface area contributed by atoms with Crippen molar-refractivity contribution >= 4 is 11.6 Å². The fourth-order valence-electron chi connectivity index (χ4n) is 1.32. The first-order valence-corrected chi connectivity index (χ1v) is 4.35. The summed E-state index contributed by atoms with van der Waals surface area (Å²) in [5.41, 5.74) is 12.6. The van der Waals surface area contributed by atoms with E-state index in [1.54, 1.807) is 24.3 Å². The summed E-state index contributed by atoms with van der Waals surface area (Å²) in [5, 5.41) is 16.7. The highest BCUT2D eigenvalue weighted by atomic mass is 16.3. The minimum atomic E-state index is 0.169. The van der Waals surface area contributed by atoms with E-state index in [1.807, 2.05) is 6.07 Å². The number of benzene rings is 1. The molecule has 0 bridgehead atoms. The van der Waals surface area contributed by atoms with E-state index in [1.165, 1.54) is 0 Å². The molecule has 1 aromatic carbocycles. The van der Waals surface area contributed by atoms with Gasteiger partial charge in [0.25, 0.3) is 0 Å². The third-order valence-electron chi connectivity index (χ3n) is 2.00. The molecule has 5 nitrogen and oxygen atoms in total. The number of anilines is 2. The number of nitrogen functional groups attached to an aromatic ring is 2. The van der Waals surface area contributed by atoms with E-state index in [2.05, 4.69) is 10.2 Å². The van der Waals surface area contributed by atoms with E-state index in [-0.39, 0.29) is 11.6 Å². The van der Waals surface area contributed by atoms with Gasteiger partial charge in [0.1, 0.15) is 11.6 Å². The Morgan fingerprint density at radius 1 is 1.07 bits per heavy atom. The Morgan fingerprint density at radius 3 is 2.60 bits per heavy atom. The first kappa shape index (κ1) is 9.26. The van der Waals surface area contributed by atoms with E-state index < -0.39 is 0 Å². The lowest BCUT2D eigenvalue weighted by atomic mass is 10.1. The normalized spacial score (nSPS) is 10.1. The Morgan fingerprint density at radius 2 is 1.87 bits per heavy atom. The molecular formula is C10H10N4O. The Hall–Kier alpha value is -2.30. The lowest BCUT2D eigenvalue weighted by Crippen LogP contribution is -2.00. The molecule has 0 amide bonds. The number of aromatic hydroxyl groups is 1. The Bertz CT molecular complexity index is 499. The van der Waals surface area contributed by atoms with Gasteiger partial charge in [0.05, 0.1) is 0 Å². The van der Waals surface area contributed by atoms with Gasteiger partial charge in [0.2, 0.25) is 0 Å². The third-order valence-corrected chi connectivity index (χ3v) is 2.00. The SMILES string of the molecule is Nc1cc(-c2cccc(O)c2)c(N)nn1. The topological polar surface area (TPSA) is 98.0 Å². The molecule has 5 N–H and O–H groups in total. The molecule has 0 atom stereocenters. The van der Waals surface area contributed by atoms with Crippen LogP contribution >= 0.6 is 0 Å². The summed E-state index contributed by atoms with van der Waals surface area (Å²) in [7, 11) is 0. The molecule has 0 unspecified atom stereocenters. The maximum Gasteiger partial charge on any atom is 0.154 e. The zero-order valence-corrected chi connectivity index (χ0v) is 7.88. The van der Waals surface area contributed by atoms with Crippen LogP contribution in [0.4, 0.5) is 11.6 Å². The van der Waals surface area contributed by atoms with Crippen molar-refractivity contribution in [1.82, 2.24) is 10.2 Å². The molecule has 0 aliphatic heterocycles. The maximum absolute atomic E-state index is 9.33. The lowest BCUT2D eigenvalue weighted by Gasteiger charge is -2.05. The number of nitrogens with zero attached hydrogens (tertiary/aromatic N) is 2. The van der Waals surface area contributed by atoms with E-state index in [0.29, 0.717) is 11.4 Å². The van der Waals surface area contributed by atoms with Gasteiger partial charge in [0, 0.05) is 5.56 Å². The number of phenolic OH excluding ortho intramolecular Hbond substituents is 1. The van der Waals surface area contributed by atoms with Gasteiger partial charge in [-0.25, -0.2) is 0 Å². The second kappa shape index (κ2) is 3.45. The van der Waals surface area contributed by atoms with Crippen LogP contribution in [0.2, 0.25) is 0 Å². The molecule has 5 heteroatoms. The van der Waals surface area contributed by atoms with Crippen molar-refractivity contribution in [3.05, 3.63) is 30.3 Å². The highest BCUT2D eigenvalue weighted by molar-refractivity contribution is 5.75. The number of hydrogen-bond acceptors (Lipinski definition) is 5. The summed E-state index contributed by atoms with van der Waals surface area (Å²) in [6.07, 6.45) is 0. The summed E-state index contributed by atoms with van der Waals surface area (Å²) >= 11 is 0. The number of phenols is 1. The van der Waals surface area contributed by atoms with Gasteiger partial charge in [0.15, 0.2) is 5.82 Å². The molecular weight excluding hydrogens is 192 g/mol. The zero-order valence-electron chi connectivity index (χ0n) is 7.88. The summed E-state index contributed by atoms with van der Waals surface area (Å²) < 4.78 is 0. The second-order valence-corrected chi connectivity index (χ2v) is 3.12. The van der Waals surface area contributed by atoms with Crippen LogP contribution in [0.1, 0.15) is 0 Å². The monoisotopic (exact) mass is 202 g/mol. The van der Waals surface area contributed by atoms with Crippen LogP contribution in [0.15, 0.2) is 30.3 Å². The zero-order chi connectivity index (χ0) is 10.8. The van der Waals surface area contributed by atoms with Crippen LogP contribution in [-0.4, -0.2) is 15.3 Å². The van der Waals surface area contributed by atoms with E-state index in [0.717, 1.165) is 5.56 Å². The van der Waals surface area contributed by atoms with Crippen molar-refractivity contribution in [2.75, 3.05) is 11.5 Å². The molecule has 1 aromatic heterocycles. The van der Waals surface area contributed by atoms with Crippen LogP contribution < -0.4 is 11.5 Å². The molecule has 0 aliphatic rings. The van der Waals surface area contributed by atoms with Crippen LogP contribution in [0.5, 0.6) is 5.75 Å². The fraction of sp³-hybridized carbons (Fsp3) is 0. The molecule has 1 heterocycles. The smallest absolute Gasteiger partial charge is 0.154 e. The lowest BCUT2D eigenvalue weighted by molar-refractivity contribution is 0.475. The maximum atomic E-state index is 9.33. The predicted molar refractivity (Wildman–Crippen MR) is 58.0 cm³/mol. The fourth-order valence-corrected chi connectivity index (χ4v) is 1.32.